The van der Waals surface area contributed by atoms with E-state index in [1.165, 1.54) is 0 Å². The van der Waals surface area contributed by atoms with Crippen LogP contribution < -0.4 is 5.32 Å². The molecule has 4 nitrogen and oxygen atoms in total. The van der Waals surface area contributed by atoms with Crippen LogP contribution in [0.15, 0.2) is 6.07 Å². The Balaban J connectivity index is 3.10. The molecule has 1 rings (SSSR count). The number of aliphatic hydroxyl groups is 1. The lowest BCUT2D eigenvalue weighted by Gasteiger charge is -2.29. The van der Waals surface area contributed by atoms with Gasteiger partial charge in [-0.15, -0.1) is 0 Å². The third-order valence-corrected chi connectivity index (χ3v) is 3.24. The molecule has 1 atom stereocenters. The minimum Gasteiger partial charge on any atom is -0.503 e. The first-order valence-corrected chi connectivity index (χ1v) is 6.05. The minimum atomic E-state index is -1.74. The number of rotatable bonds is 5. The van der Waals surface area contributed by atoms with Gasteiger partial charge in [-0.05, 0) is 25.8 Å². The fourth-order valence-corrected chi connectivity index (χ4v) is 1.67. The van der Waals surface area contributed by atoms with Gasteiger partial charge in [-0.3, -0.25) is 4.79 Å². The van der Waals surface area contributed by atoms with Crippen LogP contribution in [0.3, 0.4) is 0 Å². The summed E-state index contributed by atoms with van der Waals surface area (Å²) < 4.78 is 39.6. The highest BCUT2D eigenvalue weighted by Crippen LogP contribution is 2.26. The average molecular weight is 291 g/mol. The summed E-state index contributed by atoms with van der Waals surface area (Å²) in [5.41, 5.74) is -1.61. The summed E-state index contributed by atoms with van der Waals surface area (Å²) in [7, 11) is 0. The van der Waals surface area contributed by atoms with Gasteiger partial charge in [-0.25, -0.2) is 8.78 Å². The molecule has 3 N–H and O–H groups in total. The number of phenols is 1. The zero-order valence-corrected chi connectivity index (χ0v) is 11.1. The monoisotopic (exact) mass is 291 g/mol. The summed E-state index contributed by atoms with van der Waals surface area (Å²) in [4.78, 5) is 11.9. The number of halogens is 3. The van der Waals surface area contributed by atoms with Gasteiger partial charge in [-0.2, -0.15) is 4.39 Å². The van der Waals surface area contributed by atoms with E-state index in [-0.39, 0.29) is 13.0 Å². The zero-order chi connectivity index (χ0) is 15.5. The summed E-state index contributed by atoms with van der Waals surface area (Å²) in [6.45, 7) is 3.17. The molecule has 1 amide bonds. The molecule has 0 fully saturated rings. The lowest BCUT2D eigenvalue weighted by Crippen LogP contribution is -2.46. The quantitative estimate of drug-likeness (QED) is 0.728. The SMILES string of the molecule is CCC(C)(CCO)NC(=O)c1cc(F)c(F)c(O)c1F. The number of carbonyl (C=O) groups excluding carboxylic acids is 1. The second-order valence-electron chi connectivity index (χ2n) is 4.72. The molecule has 1 aromatic rings. The van der Waals surface area contributed by atoms with Crippen molar-refractivity contribution in [1.29, 1.82) is 0 Å². The molecule has 0 saturated heterocycles. The van der Waals surface area contributed by atoms with Crippen LogP contribution in [0.1, 0.15) is 37.0 Å². The molecular formula is C13H16F3NO3. The Labute approximate surface area is 114 Å². The molecule has 0 aromatic heterocycles. The van der Waals surface area contributed by atoms with Crippen LogP contribution in [0.2, 0.25) is 0 Å². The fraction of sp³-hybridized carbons (Fsp3) is 0.462. The number of nitrogens with one attached hydrogen (secondary N) is 1. The smallest absolute Gasteiger partial charge is 0.254 e. The molecule has 0 spiro atoms. The summed E-state index contributed by atoms with van der Waals surface area (Å²) >= 11 is 0. The van der Waals surface area contributed by atoms with Crippen molar-refractivity contribution in [2.75, 3.05) is 6.61 Å². The predicted molar refractivity (Wildman–Crippen MR) is 65.8 cm³/mol. The van der Waals surface area contributed by atoms with Gasteiger partial charge in [0.15, 0.2) is 17.4 Å². The van der Waals surface area contributed by atoms with Gasteiger partial charge in [0.25, 0.3) is 5.91 Å². The standard InChI is InChI=1S/C13H16F3NO3/c1-3-13(2,4-5-18)17-12(20)7-6-8(14)10(16)11(19)9(7)15/h6,18-19H,3-5H2,1-2H3,(H,17,20). The van der Waals surface area contributed by atoms with E-state index < -0.39 is 40.2 Å². The summed E-state index contributed by atoms with van der Waals surface area (Å²) in [6.07, 6.45) is 0.656. The van der Waals surface area contributed by atoms with Crippen LogP contribution in [0.5, 0.6) is 5.75 Å². The highest BCUT2D eigenvalue weighted by Gasteiger charge is 2.28. The van der Waals surface area contributed by atoms with E-state index in [1.807, 2.05) is 0 Å². The van der Waals surface area contributed by atoms with Crippen molar-refractivity contribution < 1.29 is 28.2 Å². The molecule has 0 aliphatic carbocycles. The van der Waals surface area contributed by atoms with E-state index in [0.717, 1.165) is 0 Å². The molecule has 0 heterocycles. The van der Waals surface area contributed by atoms with Gasteiger partial charge in [0, 0.05) is 12.1 Å². The molecule has 20 heavy (non-hydrogen) atoms. The second kappa shape index (κ2) is 6.13. The van der Waals surface area contributed by atoms with Gasteiger partial charge in [0.05, 0.1) is 5.56 Å². The highest BCUT2D eigenvalue weighted by atomic mass is 19.2. The van der Waals surface area contributed by atoms with E-state index in [2.05, 4.69) is 5.32 Å². The topological polar surface area (TPSA) is 69.6 Å². The van der Waals surface area contributed by atoms with Crippen LogP contribution in [0, 0.1) is 17.5 Å². The van der Waals surface area contributed by atoms with Crippen molar-refractivity contribution in [2.24, 2.45) is 0 Å². The molecule has 1 aromatic carbocycles. The molecule has 0 radical (unpaired) electrons. The highest BCUT2D eigenvalue weighted by molar-refractivity contribution is 5.95. The zero-order valence-electron chi connectivity index (χ0n) is 11.1. The molecule has 0 bridgehead atoms. The molecule has 0 aliphatic rings. The van der Waals surface area contributed by atoms with Gasteiger partial charge in [0.2, 0.25) is 5.82 Å². The maximum absolute atomic E-state index is 13.6. The molecule has 112 valence electrons. The summed E-state index contributed by atoms with van der Waals surface area (Å²) in [5, 5.41) is 20.4. The van der Waals surface area contributed by atoms with Crippen molar-refractivity contribution in [2.45, 2.75) is 32.2 Å². The van der Waals surface area contributed by atoms with Crippen LogP contribution >= 0.6 is 0 Å². The van der Waals surface area contributed by atoms with Crippen molar-refractivity contribution >= 4 is 5.91 Å². The lowest BCUT2D eigenvalue weighted by molar-refractivity contribution is 0.0880. The number of phenolic OH excluding ortho intramolecular Hbond substituents is 1. The Kier molecular flexibility index (Phi) is 4.99. The maximum atomic E-state index is 13.6. The Bertz CT molecular complexity index is 522. The summed E-state index contributed by atoms with van der Waals surface area (Å²) in [5.74, 6) is -7.31. The number of aliphatic hydroxyl groups excluding tert-OH is 1. The third kappa shape index (κ3) is 3.22. The minimum absolute atomic E-state index is 0.198. The molecule has 7 heteroatoms. The number of hydrogen-bond donors (Lipinski definition) is 3. The number of aromatic hydroxyl groups is 1. The van der Waals surface area contributed by atoms with E-state index >= 15 is 0 Å². The van der Waals surface area contributed by atoms with E-state index in [9.17, 15) is 18.0 Å². The van der Waals surface area contributed by atoms with Crippen molar-refractivity contribution in [1.82, 2.24) is 5.32 Å². The number of hydrogen-bond acceptors (Lipinski definition) is 3. The van der Waals surface area contributed by atoms with E-state index in [1.54, 1.807) is 13.8 Å². The van der Waals surface area contributed by atoms with Crippen LogP contribution in [0.4, 0.5) is 13.2 Å². The van der Waals surface area contributed by atoms with E-state index in [4.69, 9.17) is 10.2 Å². The van der Waals surface area contributed by atoms with E-state index in [0.29, 0.717) is 12.5 Å². The maximum Gasteiger partial charge on any atom is 0.254 e. The predicted octanol–water partition coefficient (Wildman–Crippen LogP) is 2.09. The number of carbonyl (C=O) groups is 1. The van der Waals surface area contributed by atoms with Crippen molar-refractivity contribution in [3.8, 4) is 5.75 Å². The number of amides is 1. The van der Waals surface area contributed by atoms with Gasteiger partial charge >= 0.3 is 0 Å². The Morgan fingerprint density at radius 1 is 1.35 bits per heavy atom. The van der Waals surface area contributed by atoms with Gasteiger partial charge in [-0.1, -0.05) is 6.92 Å². The van der Waals surface area contributed by atoms with Crippen LogP contribution in [-0.4, -0.2) is 28.3 Å². The molecule has 1 unspecified atom stereocenters. The summed E-state index contributed by atoms with van der Waals surface area (Å²) in [6, 6.07) is 0.384. The lowest BCUT2D eigenvalue weighted by atomic mass is 9.94. The van der Waals surface area contributed by atoms with Gasteiger partial charge < -0.3 is 15.5 Å². The fourth-order valence-electron chi connectivity index (χ4n) is 1.67. The third-order valence-electron chi connectivity index (χ3n) is 3.24. The van der Waals surface area contributed by atoms with Crippen LogP contribution in [-0.2, 0) is 0 Å². The first kappa shape index (κ1) is 16.3. The largest absolute Gasteiger partial charge is 0.503 e. The molecule has 0 aliphatic heterocycles. The Morgan fingerprint density at radius 2 is 1.95 bits per heavy atom. The molecule has 0 saturated carbocycles. The Hall–Kier alpha value is -1.76. The van der Waals surface area contributed by atoms with Crippen molar-refractivity contribution in [3.63, 3.8) is 0 Å². The first-order valence-electron chi connectivity index (χ1n) is 6.05. The van der Waals surface area contributed by atoms with Gasteiger partial charge in [0.1, 0.15) is 0 Å². The normalized spacial score (nSPS) is 13.9. The van der Waals surface area contributed by atoms with Crippen molar-refractivity contribution in [3.05, 3.63) is 29.1 Å². The average Bonchev–Trinajstić information content (AvgIpc) is 2.40. The Morgan fingerprint density at radius 3 is 2.45 bits per heavy atom. The molecular weight excluding hydrogens is 275 g/mol. The number of benzene rings is 1. The van der Waals surface area contributed by atoms with Crippen LogP contribution in [0.25, 0.3) is 0 Å². The first-order chi connectivity index (χ1) is 9.25. The second-order valence-corrected chi connectivity index (χ2v) is 4.72.